The second-order valence-electron chi connectivity index (χ2n) is 10.4. The van der Waals surface area contributed by atoms with E-state index in [1.54, 1.807) is 0 Å². The first kappa shape index (κ1) is 19.2. The van der Waals surface area contributed by atoms with E-state index in [0.29, 0.717) is 6.04 Å². The highest BCUT2D eigenvalue weighted by atomic mass is 19.1. The van der Waals surface area contributed by atoms with Crippen LogP contribution < -0.4 is 5.32 Å². The lowest BCUT2D eigenvalue weighted by atomic mass is 9.71. The number of nitrogens with zero attached hydrogens (tertiary/aromatic N) is 1. The molecule has 4 fully saturated rings. The van der Waals surface area contributed by atoms with Crippen LogP contribution in [0.3, 0.4) is 0 Å². The zero-order valence-corrected chi connectivity index (χ0v) is 17.1. The highest BCUT2D eigenvalue weighted by molar-refractivity contribution is 5.01. The summed E-state index contributed by atoms with van der Waals surface area (Å²) in [6, 6.07) is 1.43. The van der Waals surface area contributed by atoms with Crippen LogP contribution >= 0.6 is 0 Å². The minimum absolute atomic E-state index is 0.523. The molecule has 0 aromatic carbocycles. The number of likely N-dealkylation sites (tertiary alicyclic amines) is 1. The van der Waals surface area contributed by atoms with Crippen molar-refractivity contribution in [2.45, 2.75) is 95.8 Å². The lowest BCUT2D eigenvalue weighted by molar-refractivity contribution is 0.118. The van der Waals surface area contributed by atoms with Gasteiger partial charge in [-0.25, -0.2) is 4.39 Å². The third-order valence-electron chi connectivity index (χ3n) is 8.60. The number of rotatable bonds is 3. The van der Waals surface area contributed by atoms with Crippen molar-refractivity contribution >= 4 is 0 Å². The fraction of sp³-hybridized carbons (Fsp3) is 1.00. The van der Waals surface area contributed by atoms with Crippen molar-refractivity contribution in [2.24, 2.45) is 29.6 Å². The van der Waals surface area contributed by atoms with Crippen LogP contribution in [0.15, 0.2) is 0 Å². The van der Waals surface area contributed by atoms with Gasteiger partial charge in [0.05, 0.1) is 0 Å². The van der Waals surface area contributed by atoms with Gasteiger partial charge in [0.25, 0.3) is 0 Å². The molecule has 4 aliphatic rings. The van der Waals surface area contributed by atoms with Gasteiger partial charge >= 0.3 is 0 Å². The maximum absolute atomic E-state index is 13.7. The molecule has 3 heteroatoms. The zero-order valence-electron chi connectivity index (χ0n) is 17.1. The molecule has 2 nitrogen and oxygen atoms in total. The Morgan fingerprint density at radius 1 is 0.769 bits per heavy atom. The van der Waals surface area contributed by atoms with Gasteiger partial charge in [-0.05, 0) is 108 Å². The van der Waals surface area contributed by atoms with Crippen molar-refractivity contribution in [3.8, 4) is 0 Å². The average Bonchev–Trinajstić information content (AvgIpc) is 3.09. The molecule has 0 aromatic heterocycles. The van der Waals surface area contributed by atoms with E-state index < -0.39 is 6.17 Å². The van der Waals surface area contributed by atoms with Crippen molar-refractivity contribution in [3.63, 3.8) is 0 Å². The fourth-order valence-electron chi connectivity index (χ4n) is 6.76. The number of piperidine rings is 1. The SMILES string of the molecule is CC1CCC(C2CC(C3CCN(C)CC3)C(C3CCC(F)CC3)N2)CC1. The second-order valence-corrected chi connectivity index (χ2v) is 10.4. The van der Waals surface area contributed by atoms with Gasteiger partial charge in [0, 0.05) is 12.1 Å². The van der Waals surface area contributed by atoms with Crippen molar-refractivity contribution < 1.29 is 4.39 Å². The molecule has 0 bridgehead atoms. The molecule has 26 heavy (non-hydrogen) atoms. The molecule has 4 rings (SSSR count). The first-order valence-corrected chi connectivity index (χ1v) is 11.7. The van der Waals surface area contributed by atoms with Crippen LogP contribution in [0.2, 0.25) is 0 Å². The van der Waals surface area contributed by atoms with Crippen molar-refractivity contribution in [1.82, 2.24) is 10.2 Å². The molecule has 3 unspecified atom stereocenters. The van der Waals surface area contributed by atoms with E-state index in [4.69, 9.17) is 0 Å². The molecule has 2 aliphatic heterocycles. The molecule has 150 valence electrons. The summed E-state index contributed by atoms with van der Waals surface area (Å²) in [4.78, 5) is 2.50. The molecule has 1 N–H and O–H groups in total. The van der Waals surface area contributed by atoms with Crippen LogP contribution in [0.1, 0.15) is 77.6 Å². The number of alkyl halides is 1. The van der Waals surface area contributed by atoms with E-state index in [1.807, 2.05) is 0 Å². The normalized spacial score (nSPS) is 46.5. The molecule has 0 radical (unpaired) electrons. The Kier molecular flexibility index (Phi) is 6.25. The standard InChI is InChI=1S/C23H41FN2/c1-16-3-5-18(6-4-16)22-15-21(17-11-13-26(2)14-12-17)23(25-22)19-7-9-20(24)10-8-19/h16-23,25H,3-15H2,1-2H3. The topological polar surface area (TPSA) is 15.3 Å². The Bertz CT molecular complexity index is 401. The minimum Gasteiger partial charge on any atom is -0.310 e. The molecular weight excluding hydrogens is 323 g/mol. The second kappa shape index (κ2) is 8.47. The van der Waals surface area contributed by atoms with Gasteiger partial charge in [-0.15, -0.1) is 0 Å². The van der Waals surface area contributed by atoms with E-state index in [0.717, 1.165) is 61.3 Å². The van der Waals surface area contributed by atoms with Crippen molar-refractivity contribution in [1.29, 1.82) is 0 Å². The summed E-state index contributed by atoms with van der Waals surface area (Å²) in [6.07, 6.45) is 13.2. The minimum atomic E-state index is -0.523. The Morgan fingerprint density at radius 2 is 1.38 bits per heavy atom. The van der Waals surface area contributed by atoms with Gasteiger partial charge in [0.15, 0.2) is 0 Å². The molecule has 2 saturated heterocycles. The largest absolute Gasteiger partial charge is 0.310 e. The number of halogens is 1. The lowest BCUT2D eigenvalue weighted by Crippen LogP contribution is -2.44. The Labute approximate surface area is 160 Å². The Balaban J connectivity index is 1.43. The summed E-state index contributed by atoms with van der Waals surface area (Å²) >= 11 is 0. The predicted octanol–water partition coefficient (Wildman–Crippen LogP) is 5.03. The third kappa shape index (κ3) is 4.29. The van der Waals surface area contributed by atoms with Gasteiger partial charge in [-0.1, -0.05) is 19.8 Å². The van der Waals surface area contributed by atoms with Crippen molar-refractivity contribution in [3.05, 3.63) is 0 Å². The lowest BCUT2D eigenvalue weighted by Gasteiger charge is -2.39. The van der Waals surface area contributed by atoms with Gasteiger partial charge in [0.2, 0.25) is 0 Å². The summed E-state index contributed by atoms with van der Waals surface area (Å²) in [5.74, 6) is 4.34. The first-order chi connectivity index (χ1) is 12.6. The molecule has 2 saturated carbocycles. The van der Waals surface area contributed by atoms with E-state index in [9.17, 15) is 4.39 Å². The van der Waals surface area contributed by atoms with Gasteiger partial charge < -0.3 is 10.2 Å². The number of hydrogen-bond donors (Lipinski definition) is 1. The van der Waals surface area contributed by atoms with Gasteiger partial charge in [-0.3, -0.25) is 0 Å². The smallest absolute Gasteiger partial charge is 0.100 e. The average molecular weight is 365 g/mol. The Hall–Kier alpha value is -0.150. The van der Waals surface area contributed by atoms with E-state index >= 15 is 0 Å². The molecule has 0 amide bonds. The summed E-state index contributed by atoms with van der Waals surface area (Å²) in [5, 5.41) is 4.18. The maximum atomic E-state index is 13.7. The van der Waals surface area contributed by atoms with Gasteiger partial charge in [-0.2, -0.15) is 0 Å². The quantitative estimate of drug-likeness (QED) is 0.755. The third-order valence-corrected chi connectivity index (χ3v) is 8.60. The van der Waals surface area contributed by atoms with Crippen LogP contribution in [0.4, 0.5) is 4.39 Å². The summed E-state index contributed by atoms with van der Waals surface area (Å²) in [6.45, 7) is 4.98. The molecule has 2 heterocycles. The number of nitrogens with one attached hydrogen (secondary N) is 1. The van der Waals surface area contributed by atoms with Crippen LogP contribution in [0.25, 0.3) is 0 Å². The van der Waals surface area contributed by atoms with E-state index in [2.05, 4.69) is 24.2 Å². The van der Waals surface area contributed by atoms with Crippen LogP contribution in [-0.2, 0) is 0 Å². The van der Waals surface area contributed by atoms with Crippen molar-refractivity contribution in [2.75, 3.05) is 20.1 Å². The van der Waals surface area contributed by atoms with Gasteiger partial charge in [0.1, 0.15) is 6.17 Å². The zero-order chi connectivity index (χ0) is 18.1. The molecule has 2 aliphatic carbocycles. The highest BCUT2D eigenvalue weighted by Gasteiger charge is 2.45. The maximum Gasteiger partial charge on any atom is 0.100 e. The summed E-state index contributed by atoms with van der Waals surface area (Å²) in [7, 11) is 2.27. The number of hydrogen-bond acceptors (Lipinski definition) is 2. The van der Waals surface area contributed by atoms with E-state index in [-0.39, 0.29) is 0 Å². The molecular formula is C23H41FN2. The highest BCUT2D eigenvalue weighted by Crippen LogP contribution is 2.44. The first-order valence-electron chi connectivity index (χ1n) is 11.7. The molecule has 0 spiro atoms. The van der Waals surface area contributed by atoms with Crippen LogP contribution in [0, 0.1) is 29.6 Å². The van der Waals surface area contributed by atoms with Crippen LogP contribution in [-0.4, -0.2) is 43.3 Å². The summed E-state index contributed by atoms with van der Waals surface area (Å²) < 4.78 is 13.7. The van der Waals surface area contributed by atoms with Crippen LogP contribution in [0.5, 0.6) is 0 Å². The Morgan fingerprint density at radius 3 is 2.04 bits per heavy atom. The predicted molar refractivity (Wildman–Crippen MR) is 107 cm³/mol. The fourth-order valence-corrected chi connectivity index (χ4v) is 6.76. The van der Waals surface area contributed by atoms with E-state index in [1.165, 1.54) is 58.0 Å². The molecule has 0 aromatic rings. The molecule has 3 atom stereocenters. The summed E-state index contributed by atoms with van der Waals surface area (Å²) in [5.41, 5.74) is 0. The monoisotopic (exact) mass is 364 g/mol.